The van der Waals surface area contributed by atoms with Gasteiger partial charge in [0.15, 0.2) is 17.4 Å². The maximum atomic E-state index is 13.3. The Kier molecular flexibility index (Phi) is 5.06. The highest BCUT2D eigenvalue weighted by molar-refractivity contribution is 5.23. The van der Waals surface area contributed by atoms with Gasteiger partial charge < -0.3 is 9.26 Å². The van der Waals surface area contributed by atoms with Crippen LogP contribution in [0.15, 0.2) is 28.8 Å². The fraction of sp³-hybridized carbons (Fsp3) is 0.429. The largest absolute Gasteiger partial charge is 0.489 e. The van der Waals surface area contributed by atoms with Gasteiger partial charge in [0.2, 0.25) is 5.89 Å². The maximum absolute atomic E-state index is 13.3. The van der Waals surface area contributed by atoms with Gasteiger partial charge in [0.25, 0.3) is 0 Å². The molecule has 0 aliphatic heterocycles. The summed E-state index contributed by atoms with van der Waals surface area (Å²) in [5, 5.41) is 3.83. The number of rotatable bonds is 7. The fourth-order valence-corrected chi connectivity index (χ4v) is 1.68. The van der Waals surface area contributed by atoms with E-state index in [2.05, 4.69) is 10.1 Å². The average molecular weight is 279 g/mol. The summed E-state index contributed by atoms with van der Waals surface area (Å²) in [6, 6.07) is 6.37. The number of aromatic nitrogens is 2. The standard InChI is InChI=1S/C14H18FN3O2/c1-3-13-16-14(20-17-13)10-18(2)8-9-19-12-7-5-4-6-11(12)15/h4-7H,3,8-10H2,1-2H3. The number of nitrogens with zero attached hydrogens (tertiary/aromatic N) is 3. The third-order valence-corrected chi connectivity index (χ3v) is 2.80. The van der Waals surface area contributed by atoms with Crippen molar-refractivity contribution in [2.45, 2.75) is 19.9 Å². The minimum atomic E-state index is -0.348. The van der Waals surface area contributed by atoms with Gasteiger partial charge in [-0.05, 0) is 19.2 Å². The molecule has 0 N–H and O–H groups in total. The van der Waals surface area contributed by atoms with E-state index in [0.717, 1.165) is 6.42 Å². The molecule has 108 valence electrons. The highest BCUT2D eigenvalue weighted by atomic mass is 19.1. The first-order valence-electron chi connectivity index (χ1n) is 6.56. The van der Waals surface area contributed by atoms with Crippen LogP contribution in [0.2, 0.25) is 0 Å². The Morgan fingerprint density at radius 3 is 2.85 bits per heavy atom. The van der Waals surface area contributed by atoms with Crippen LogP contribution in [-0.2, 0) is 13.0 Å². The van der Waals surface area contributed by atoms with Crippen LogP contribution >= 0.6 is 0 Å². The molecule has 1 aromatic heterocycles. The summed E-state index contributed by atoms with van der Waals surface area (Å²) in [6.45, 7) is 3.55. The topological polar surface area (TPSA) is 51.4 Å². The number of hydrogen-bond donors (Lipinski definition) is 0. The highest BCUT2D eigenvalue weighted by Gasteiger charge is 2.08. The zero-order valence-corrected chi connectivity index (χ0v) is 11.7. The molecule has 0 spiro atoms. The second kappa shape index (κ2) is 7.00. The lowest BCUT2D eigenvalue weighted by atomic mass is 10.3. The van der Waals surface area contributed by atoms with Crippen molar-refractivity contribution in [3.05, 3.63) is 41.8 Å². The average Bonchev–Trinajstić information content (AvgIpc) is 2.88. The van der Waals surface area contributed by atoms with Gasteiger partial charge in [0.05, 0.1) is 6.54 Å². The Hall–Kier alpha value is -1.95. The van der Waals surface area contributed by atoms with Crippen LogP contribution in [0.4, 0.5) is 4.39 Å². The summed E-state index contributed by atoms with van der Waals surface area (Å²) < 4.78 is 23.8. The molecule has 0 radical (unpaired) electrons. The molecule has 5 nitrogen and oxygen atoms in total. The van der Waals surface area contributed by atoms with E-state index in [-0.39, 0.29) is 11.6 Å². The fourth-order valence-electron chi connectivity index (χ4n) is 1.68. The van der Waals surface area contributed by atoms with Crippen molar-refractivity contribution in [3.8, 4) is 5.75 Å². The van der Waals surface area contributed by atoms with Crippen LogP contribution < -0.4 is 4.74 Å². The van der Waals surface area contributed by atoms with Gasteiger partial charge in [-0.25, -0.2) is 4.39 Å². The molecule has 0 aliphatic rings. The molecule has 0 bridgehead atoms. The zero-order valence-electron chi connectivity index (χ0n) is 11.7. The van der Waals surface area contributed by atoms with E-state index in [1.165, 1.54) is 6.07 Å². The molecule has 0 amide bonds. The lowest BCUT2D eigenvalue weighted by Crippen LogP contribution is -2.24. The number of aryl methyl sites for hydroxylation is 1. The van der Waals surface area contributed by atoms with E-state index in [9.17, 15) is 4.39 Å². The first-order valence-corrected chi connectivity index (χ1v) is 6.56. The van der Waals surface area contributed by atoms with Crippen LogP contribution in [0.3, 0.4) is 0 Å². The lowest BCUT2D eigenvalue weighted by molar-refractivity contribution is 0.208. The van der Waals surface area contributed by atoms with Gasteiger partial charge in [-0.15, -0.1) is 0 Å². The molecule has 1 aromatic carbocycles. The first-order chi connectivity index (χ1) is 9.69. The predicted octanol–water partition coefficient (Wildman–Crippen LogP) is 2.28. The van der Waals surface area contributed by atoms with Crippen molar-refractivity contribution in [2.75, 3.05) is 20.2 Å². The van der Waals surface area contributed by atoms with Crippen molar-refractivity contribution in [1.29, 1.82) is 0 Å². The summed E-state index contributed by atoms with van der Waals surface area (Å²) in [7, 11) is 1.92. The van der Waals surface area contributed by atoms with E-state index in [1.807, 2.05) is 18.9 Å². The van der Waals surface area contributed by atoms with Gasteiger partial charge in [0, 0.05) is 13.0 Å². The van der Waals surface area contributed by atoms with Crippen LogP contribution in [0.25, 0.3) is 0 Å². The second-order valence-electron chi connectivity index (χ2n) is 4.47. The lowest BCUT2D eigenvalue weighted by Gasteiger charge is -2.14. The number of ether oxygens (including phenoxy) is 1. The third kappa shape index (κ3) is 4.03. The normalized spacial score (nSPS) is 11.0. The van der Waals surface area contributed by atoms with E-state index in [1.54, 1.807) is 18.2 Å². The molecule has 0 atom stereocenters. The highest BCUT2D eigenvalue weighted by Crippen LogP contribution is 2.15. The SMILES string of the molecule is CCc1noc(CN(C)CCOc2ccccc2F)n1. The molecule has 20 heavy (non-hydrogen) atoms. The van der Waals surface area contributed by atoms with E-state index >= 15 is 0 Å². The molecular formula is C14H18FN3O2. The van der Waals surface area contributed by atoms with Crippen molar-refractivity contribution in [3.63, 3.8) is 0 Å². The summed E-state index contributed by atoms with van der Waals surface area (Å²) in [5.41, 5.74) is 0. The molecule has 2 rings (SSSR count). The van der Waals surface area contributed by atoms with Crippen molar-refractivity contribution < 1.29 is 13.7 Å². The minimum absolute atomic E-state index is 0.270. The molecule has 2 aromatic rings. The Morgan fingerprint density at radius 2 is 2.15 bits per heavy atom. The monoisotopic (exact) mass is 279 g/mol. The summed E-state index contributed by atoms with van der Waals surface area (Å²) >= 11 is 0. The van der Waals surface area contributed by atoms with Gasteiger partial charge >= 0.3 is 0 Å². The predicted molar refractivity (Wildman–Crippen MR) is 71.9 cm³/mol. The third-order valence-electron chi connectivity index (χ3n) is 2.80. The molecule has 0 unspecified atom stereocenters. The van der Waals surface area contributed by atoms with E-state index in [4.69, 9.17) is 9.26 Å². The van der Waals surface area contributed by atoms with Gasteiger partial charge in [-0.1, -0.05) is 24.2 Å². The molecular weight excluding hydrogens is 261 g/mol. The van der Waals surface area contributed by atoms with Crippen LogP contribution in [0, 0.1) is 5.82 Å². The Labute approximate surface area is 117 Å². The molecule has 0 saturated heterocycles. The van der Waals surface area contributed by atoms with Crippen molar-refractivity contribution in [2.24, 2.45) is 0 Å². The minimum Gasteiger partial charge on any atom is -0.489 e. The zero-order chi connectivity index (χ0) is 14.4. The molecule has 1 heterocycles. The van der Waals surface area contributed by atoms with Gasteiger partial charge in [-0.2, -0.15) is 4.98 Å². The Balaban J connectivity index is 1.75. The van der Waals surface area contributed by atoms with E-state index < -0.39 is 0 Å². The second-order valence-corrected chi connectivity index (χ2v) is 4.47. The number of para-hydroxylation sites is 1. The van der Waals surface area contributed by atoms with Crippen LogP contribution in [0.5, 0.6) is 5.75 Å². The summed E-state index contributed by atoms with van der Waals surface area (Å²) in [4.78, 5) is 6.21. The van der Waals surface area contributed by atoms with Crippen molar-refractivity contribution in [1.82, 2.24) is 15.0 Å². The summed E-state index contributed by atoms with van der Waals surface area (Å²) in [5.74, 6) is 1.21. The molecule has 6 heteroatoms. The number of halogens is 1. The van der Waals surface area contributed by atoms with Crippen LogP contribution in [0.1, 0.15) is 18.6 Å². The number of benzene rings is 1. The van der Waals surface area contributed by atoms with Gasteiger partial charge in [-0.3, -0.25) is 4.90 Å². The summed E-state index contributed by atoms with van der Waals surface area (Å²) in [6.07, 6.45) is 0.754. The van der Waals surface area contributed by atoms with Crippen molar-refractivity contribution >= 4 is 0 Å². The molecule has 0 fully saturated rings. The van der Waals surface area contributed by atoms with Crippen LogP contribution in [-0.4, -0.2) is 35.2 Å². The Bertz CT molecular complexity index is 545. The quantitative estimate of drug-likeness (QED) is 0.778. The molecule has 0 saturated carbocycles. The number of likely N-dealkylation sites (N-methyl/N-ethyl adjacent to an activating group) is 1. The Morgan fingerprint density at radius 1 is 1.35 bits per heavy atom. The van der Waals surface area contributed by atoms with Gasteiger partial charge in [0.1, 0.15) is 6.61 Å². The first kappa shape index (κ1) is 14.5. The molecule has 0 aliphatic carbocycles. The smallest absolute Gasteiger partial charge is 0.240 e. The maximum Gasteiger partial charge on any atom is 0.240 e. The number of hydrogen-bond acceptors (Lipinski definition) is 5. The van der Waals surface area contributed by atoms with E-state index in [0.29, 0.717) is 31.4 Å².